The number of carbonyl (C=O) groups is 2. The summed E-state index contributed by atoms with van der Waals surface area (Å²) >= 11 is 0. The number of Topliss-reactive ketones (excluding diaryl/α,β-unsaturated/α-hetero) is 1. The molecule has 0 N–H and O–H groups in total. The maximum absolute atomic E-state index is 13.4. The predicted octanol–water partition coefficient (Wildman–Crippen LogP) is 6.14. The van der Waals surface area contributed by atoms with Crippen LogP contribution in [0.25, 0.3) is 0 Å². The molecular formula is C25H38F3NO6S. The van der Waals surface area contributed by atoms with Crippen LogP contribution in [-0.2, 0) is 23.8 Å². The van der Waals surface area contributed by atoms with Crippen molar-refractivity contribution in [2.24, 2.45) is 17.3 Å². The van der Waals surface area contributed by atoms with E-state index in [0.29, 0.717) is 6.42 Å². The van der Waals surface area contributed by atoms with Crippen LogP contribution < -0.4 is 0 Å². The highest BCUT2D eigenvalue weighted by molar-refractivity contribution is 7.87. The number of carbonyl (C=O) groups excluding carboxylic acids is 2. The number of allylic oxidation sites excluding steroid dienone is 3. The molecule has 0 unspecified atom stereocenters. The zero-order valence-electron chi connectivity index (χ0n) is 21.7. The Kier molecular flexibility index (Phi) is 10.8. The van der Waals surface area contributed by atoms with Crippen LogP contribution in [0.1, 0.15) is 66.7 Å². The third kappa shape index (κ3) is 8.11. The first-order chi connectivity index (χ1) is 16.4. The molecule has 1 amide bonds. The number of hydrogen-bond donors (Lipinski definition) is 0. The highest BCUT2D eigenvalue weighted by Crippen LogP contribution is 2.51. The molecule has 0 aromatic carbocycles. The molecule has 36 heavy (non-hydrogen) atoms. The molecule has 1 fully saturated rings. The van der Waals surface area contributed by atoms with Crippen molar-refractivity contribution in [1.82, 2.24) is 4.90 Å². The number of rotatable bonds is 11. The predicted molar refractivity (Wildman–Crippen MR) is 131 cm³/mol. The molecule has 0 radical (unpaired) electrons. The van der Waals surface area contributed by atoms with Gasteiger partial charge in [-0.2, -0.15) is 21.6 Å². The van der Waals surface area contributed by atoms with E-state index in [1.807, 2.05) is 6.92 Å². The third-order valence-corrected chi connectivity index (χ3v) is 7.06. The summed E-state index contributed by atoms with van der Waals surface area (Å²) in [5.41, 5.74) is -8.10. The molecule has 0 aliphatic heterocycles. The Bertz CT molecular complexity index is 952. The first-order valence-corrected chi connectivity index (χ1v) is 13.3. The quantitative estimate of drug-likeness (QED) is 0.136. The van der Waals surface area contributed by atoms with E-state index < -0.39 is 50.2 Å². The van der Waals surface area contributed by atoms with E-state index in [0.717, 1.165) is 0 Å². The lowest BCUT2D eigenvalue weighted by Crippen LogP contribution is -2.47. The summed E-state index contributed by atoms with van der Waals surface area (Å²) in [6.07, 6.45) is 5.28. The van der Waals surface area contributed by atoms with Crippen molar-refractivity contribution in [3.63, 3.8) is 0 Å². The van der Waals surface area contributed by atoms with Crippen LogP contribution in [0.5, 0.6) is 0 Å². The molecule has 1 aliphatic rings. The summed E-state index contributed by atoms with van der Waals surface area (Å²) in [7, 11) is -6.02. The van der Waals surface area contributed by atoms with E-state index in [4.69, 9.17) is 4.74 Å². The number of alkyl halides is 3. The van der Waals surface area contributed by atoms with Gasteiger partial charge in [0.2, 0.25) is 0 Å². The highest BCUT2D eigenvalue weighted by atomic mass is 32.2. The molecule has 7 nitrogen and oxygen atoms in total. The molecule has 206 valence electrons. The van der Waals surface area contributed by atoms with Crippen LogP contribution in [0.4, 0.5) is 18.0 Å². The van der Waals surface area contributed by atoms with Crippen molar-refractivity contribution in [3.05, 3.63) is 37.1 Å². The monoisotopic (exact) mass is 537 g/mol. The van der Waals surface area contributed by atoms with Gasteiger partial charge >= 0.3 is 21.7 Å². The Balaban J connectivity index is 3.33. The van der Waals surface area contributed by atoms with E-state index >= 15 is 0 Å². The first kappa shape index (κ1) is 31.7. The lowest BCUT2D eigenvalue weighted by atomic mass is 9.59. The molecule has 0 spiro atoms. The smallest absolute Gasteiger partial charge is 0.444 e. The van der Waals surface area contributed by atoms with Crippen LogP contribution >= 0.6 is 0 Å². The maximum atomic E-state index is 13.4. The number of ether oxygens (including phenoxy) is 1. The molecular weight excluding hydrogens is 499 g/mol. The summed E-state index contributed by atoms with van der Waals surface area (Å²) in [6.45, 7) is 16.3. The van der Waals surface area contributed by atoms with Crippen molar-refractivity contribution < 1.29 is 40.1 Å². The van der Waals surface area contributed by atoms with Gasteiger partial charge in [0, 0.05) is 19.5 Å². The standard InChI is InChI=1S/C25H38F3NO6S/c1-8-10-14-29(22(31)34-23(5,6)7)15-11-13-24(19(4)35-36(32,33)25(26,27)28)20(12-9-2)16-18(3)17-21(24)30/h8-10,18,20H,2,4,11-17H2,1,3,5-7H3/b10-8+/t18-,20-,24-/m1/s1. The Labute approximate surface area is 212 Å². The summed E-state index contributed by atoms with van der Waals surface area (Å²) in [4.78, 5) is 27.5. The Morgan fingerprint density at radius 1 is 1.28 bits per heavy atom. The van der Waals surface area contributed by atoms with Gasteiger partial charge in [0.1, 0.15) is 17.1 Å². The van der Waals surface area contributed by atoms with Gasteiger partial charge in [0.25, 0.3) is 0 Å². The number of halogens is 3. The molecule has 0 aromatic heterocycles. The second-order valence-corrected chi connectivity index (χ2v) is 11.7. The molecule has 0 aromatic rings. The minimum absolute atomic E-state index is 0.0381. The Hall–Kier alpha value is -2.30. The van der Waals surface area contributed by atoms with Crippen molar-refractivity contribution >= 4 is 22.0 Å². The average Bonchev–Trinajstić information content (AvgIpc) is 2.69. The zero-order valence-corrected chi connectivity index (χ0v) is 22.5. The van der Waals surface area contributed by atoms with E-state index in [1.165, 1.54) is 11.0 Å². The Morgan fingerprint density at radius 2 is 1.89 bits per heavy atom. The molecule has 0 saturated heterocycles. The average molecular weight is 538 g/mol. The Morgan fingerprint density at radius 3 is 2.39 bits per heavy atom. The number of ketones is 1. The van der Waals surface area contributed by atoms with Gasteiger partial charge in [-0.05, 0) is 65.2 Å². The normalized spacial score (nSPS) is 23.4. The molecule has 3 atom stereocenters. The van der Waals surface area contributed by atoms with Gasteiger partial charge in [-0.1, -0.05) is 31.7 Å². The van der Waals surface area contributed by atoms with E-state index in [-0.39, 0.29) is 44.7 Å². The lowest BCUT2D eigenvalue weighted by molar-refractivity contribution is -0.137. The summed E-state index contributed by atoms with van der Waals surface area (Å²) in [5, 5.41) is 0. The fourth-order valence-corrected chi connectivity index (χ4v) is 4.99. The minimum atomic E-state index is -6.02. The zero-order chi connectivity index (χ0) is 27.9. The third-order valence-electron chi connectivity index (χ3n) is 6.07. The van der Waals surface area contributed by atoms with E-state index in [9.17, 15) is 31.2 Å². The summed E-state index contributed by atoms with van der Waals surface area (Å²) < 4.78 is 72.7. The summed E-state index contributed by atoms with van der Waals surface area (Å²) in [5.74, 6) is -1.81. The minimum Gasteiger partial charge on any atom is -0.444 e. The van der Waals surface area contributed by atoms with Crippen LogP contribution in [-0.4, -0.2) is 49.4 Å². The van der Waals surface area contributed by atoms with Crippen LogP contribution in [0.15, 0.2) is 37.1 Å². The van der Waals surface area contributed by atoms with Gasteiger partial charge in [-0.3, -0.25) is 4.79 Å². The van der Waals surface area contributed by atoms with Crippen molar-refractivity contribution in [2.45, 2.75) is 77.8 Å². The van der Waals surface area contributed by atoms with Crippen LogP contribution in [0.3, 0.4) is 0 Å². The van der Waals surface area contributed by atoms with Gasteiger partial charge < -0.3 is 13.8 Å². The van der Waals surface area contributed by atoms with Gasteiger partial charge in [-0.15, -0.1) is 6.58 Å². The number of nitrogens with zero attached hydrogens (tertiary/aromatic N) is 1. The van der Waals surface area contributed by atoms with Gasteiger partial charge in [0.15, 0.2) is 0 Å². The van der Waals surface area contributed by atoms with E-state index in [2.05, 4.69) is 17.3 Å². The van der Waals surface area contributed by atoms with E-state index in [1.54, 1.807) is 39.8 Å². The lowest BCUT2D eigenvalue weighted by Gasteiger charge is -2.45. The number of amides is 1. The van der Waals surface area contributed by atoms with Crippen molar-refractivity contribution in [3.8, 4) is 0 Å². The van der Waals surface area contributed by atoms with Crippen LogP contribution in [0.2, 0.25) is 0 Å². The van der Waals surface area contributed by atoms with Gasteiger partial charge in [0.05, 0.1) is 5.41 Å². The first-order valence-electron chi connectivity index (χ1n) is 11.8. The summed E-state index contributed by atoms with van der Waals surface area (Å²) in [6, 6.07) is 0. The molecule has 1 aliphatic carbocycles. The second-order valence-electron chi connectivity index (χ2n) is 10.2. The van der Waals surface area contributed by atoms with Gasteiger partial charge in [-0.25, -0.2) is 4.79 Å². The van der Waals surface area contributed by atoms with Crippen molar-refractivity contribution in [1.29, 1.82) is 0 Å². The largest absolute Gasteiger partial charge is 0.534 e. The molecule has 0 bridgehead atoms. The molecule has 11 heteroatoms. The fourth-order valence-electron chi connectivity index (χ4n) is 4.48. The topological polar surface area (TPSA) is 90.0 Å². The van der Waals surface area contributed by atoms with Crippen LogP contribution in [0, 0.1) is 17.3 Å². The second kappa shape index (κ2) is 12.3. The SMILES string of the molecule is C=CC[C@@H]1C[C@@H](C)CC(=O)[C@]1(CCCN(C/C=C/C)C(=O)OC(C)(C)C)C(=C)OS(=O)(=O)C(F)(F)F. The number of hydrogen-bond acceptors (Lipinski definition) is 6. The molecule has 1 rings (SSSR count). The maximum Gasteiger partial charge on any atom is 0.534 e. The highest BCUT2D eigenvalue weighted by Gasteiger charge is 2.55. The molecule has 0 heterocycles. The van der Waals surface area contributed by atoms with Crippen molar-refractivity contribution in [2.75, 3.05) is 13.1 Å². The molecule has 1 saturated carbocycles. The fraction of sp³-hybridized carbons (Fsp3) is 0.680.